The minimum atomic E-state index is -0.385. The van der Waals surface area contributed by atoms with Gasteiger partial charge in [0.2, 0.25) is 0 Å². The lowest BCUT2D eigenvalue weighted by atomic mass is 10.2. The number of hydrogen-bond acceptors (Lipinski definition) is 3. The second-order valence-corrected chi connectivity index (χ2v) is 4.35. The summed E-state index contributed by atoms with van der Waals surface area (Å²) in [6.45, 7) is 1.74. The number of carbonyl (C=O) groups is 1. The summed E-state index contributed by atoms with van der Waals surface area (Å²) in [7, 11) is 0. The van der Waals surface area contributed by atoms with Gasteiger partial charge >= 0.3 is 0 Å². The van der Waals surface area contributed by atoms with Crippen LogP contribution in [-0.2, 0) is 0 Å². The Hall–Kier alpha value is -2.14. The maximum Gasteiger partial charge on any atom is 0.268 e. The zero-order valence-electron chi connectivity index (χ0n) is 10.6. The van der Waals surface area contributed by atoms with Gasteiger partial charge in [-0.15, -0.1) is 0 Å². The fourth-order valence-corrected chi connectivity index (χ4v) is 1.86. The highest BCUT2D eigenvalue weighted by Crippen LogP contribution is 2.07. The minimum absolute atomic E-state index is 0.125. The van der Waals surface area contributed by atoms with E-state index >= 15 is 0 Å². The van der Waals surface area contributed by atoms with Gasteiger partial charge < -0.3 is 15.4 Å². The van der Waals surface area contributed by atoms with E-state index in [0.29, 0.717) is 17.3 Å². The molecule has 0 aliphatic carbocycles. The normalized spacial score (nSPS) is 12.3. The summed E-state index contributed by atoms with van der Waals surface area (Å²) in [5.41, 5.74) is 0.629. The summed E-state index contributed by atoms with van der Waals surface area (Å²) in [4.78, 5) is 26.8. The Balaban J connectivity index is 2.35. The molecule has 5 nitrogen and oxygen atoms in total. The summed E-state index contributed by atoms with van der Waals surface area (Å²) < 4.78 is 0. The topological polar surface area (TPSA) is 82.2 Å². The van der Waals surface area contributed by atoms with E-state index in [0.717, 1.165) is 0 Å². The highest BCUT2D eigenvalue weighted by molar-refractivity contribution is 5.94. The summed E-state index contributed by atoms with van der Waals surface area (Å²) in [5, 5.41) is 12.3. The van der Waals surface area contributed by atoms with Crippen LogP contribution in [0.25, 0.3) is 10.9 Å². The van der Waals surface area contributed by atoms with Crippen molar-refractivity contribution in [3.63, 3.8) is 0 Å². The van der Waals surface area contributed by atoms with Crippen LogP contribution in [0.1, 0.15) is 23.8 Å². The molecule has 0 radical (unpaired) electrons. The first-order chi connectivity index (χ1) is 9.15. The van der Waals surface area contributed by atoms with Crippen LogP contribution in [-0.4, -0.2) is 28.6 Å². The number of aliphatic hydroxyl groups excluding tert-OH is 1. The van der Waals surface area contributed by atoms with Crippen molar-refractivity contribution >= 4 is 16.8 Å². The Kier molecular flexibility index (Phi) is 3.97. The van der Waals surface area contributed by atoms with Gasteiger partial charge in [-0.25, -0.2) is 0 Å². The number of hydrogen-bond donors (Lipinski definition) is 3. The van der Waals surface area contributed by atoms with Crippen molar-refractivity contribution in [1.82, 2.24) is 10.3 Å². The lowest BCUT2D eigenvalue weighted by Gasteiger charge is -2.14. The van der Waals surface area contributed by atoms with Crippen LogP contribution in [0.15, 0.2) is 35.1 Å². The van der Waals surface area contributed by atoms with E-state index < -0.39 is 0 Å². The Morgan fingerprint density at radius 2 is 2.16 bits per heavy atom. The lowest BCUT2D eigenvalue weighted by molar-refractivity contribution is 0.0910. The lowest BCUT2D eigenvalue weighted by Crippen LogP contribution is -2.37. The van der Waals surface area contributed by atoms with Crippen LogP contribution >= 0.6 is 0 Å². The molecule has 0 spiro atoms. The van der Waals surface area contributed by atoms with E-state index in [1.54, 1.807) is 24.3 Å². The molecule has 0 aliphatic heterocycles. The Morgan fingerprint density at radius 3 is 2.84 bits per heavy atom. The van der Waals surface area contributed by atoms with Gasteiger partial charge in [-0.3, -0.25) is 9.59 Å². The van der Waals surface area contributed by atoms with Crippen molar-refractivity contribution in [3.8, 4) is 0 Å². The van der Waals surface area contributed by atoms with Gasteiger partial charge in [-0.1, -0.05) is 19.1 Å². The summed E-state index contributed by atoms with van der Waals surface area (Å²) >= 11 is 0. The Morgan fingerprint density at radius 1 is 1.42 bits per heavy atom. The maximum absolute atomic E-state index is 12.0. The van der Waals surface area contributed by atoms with Crippen molar-refractivity contribution in [2.75, 3.05) is 6.61 Å². The average molecular weight is 260 g/mol. The van der Waals surface area contributed by atoms with Crippen molar-refractivity contribution in [1.29, 1.82) is 0 Å². The molecule has 1 aromatic heterocycles. The molecule has 0 aliphatic rings. The predicted octanol–water partition coefficient (Wildman–Crippen LogP) is 1.03. The van der Waals surface area contributed by atoms with Gasteiger partial charge in [0.1, 0.15) is 5.69 Å². The number of para-hydroxylation sites is 1. The van der Waals surface area contributed by atoms with Crippen LogP contribution in [0, 0.1) is 0 Å². The molecular formula is C14H16N2O3. The first-order valence-corrected chi connectivity index (χ1v) is 6.19. The highest BCUT2D eigenvalue weighted by Gasteiger charge is 2.13. The van der Waals surface area contributed by atoms with Crippen molar-refractivity contribution in [2.45, 2.75) is 19.4 Å². The SMILES string of the molecule is CC[C@H](CO)NC(=O)c1cc(=O)c2ccccc2[nH]1. The molecule has 3 N–H and O–H groups in total. The summed E-state index contributed by atoms with van der Waals surface area (Å²) in [5.74, 6) is -0.385. The Labute approximate surface area is 110 Å². The monoisotopic (exact) mass is 260 g/mol. The number of fused-ring (bicyclic) bond motifs is 1. The van der Waals surface area contributed by atoms with Gasteiger partial charge in [0.05, 0.1) is 12.6 Å². The number of nitrogens with one attached hydrogen (secondary N) is 2. The van der Waals surface area contributed by atoms with E-state index in [1.165, 1.54) is 6.07 Å². The molecule has 2 rings (SSSR count). The largest absolute Gasteiger partial charge is 0.394 e. The molecule has 0 bridgehead atoms. The number of benzene rings is 1. The molecule has 1 heterocycles. The third kappa shape index (κ3) is 2.82. The number of pyridine rings is 1. The van der Waals surface area contributed by atoms with Crippen LogP contribution in [0.5, 0.6) is 0 Å². The van der Waals surface area contributed by atoms with E-state index in [9.17, 15) is 9.59 Å². The smallest absolute Gasteiger partial charge is 0.268 e. The van der Waals surface area contributed by atoms with Crippen molar-refractivity contribution in [3.05, 3.63) is 46.2 Å². The number of aromatic amines is 1. The molecule has 100 valence electrons. The number of aromatic nitrogens is 1. The van der Waals surface area contributed by atoms with Crippen LogP contribution in [0.4, 0.5) is 0 Å². The van der Waals surface area contributed by atoms with Gasteiger partial charge in [-0.05, 0) is 18.6 Å². The number of aliphatic hydroxyl groups is 1. The number of H-pyrrole nitrogens is 1. The summed E-state index contributed by atoms with van der Waals surface area (Å²) in [6.07, 6.45) is 0.625. The van der Waals surface area contributed by atoms with E-state index in [2.05, 4.69) is 10.3 Å². The molecule has 0 fully saturated rings. The standard InChI is InChI=1S/C14H16N2O3/c1-2-9(8-17)15-14(19)12-7-13(18)10-5-3-4-6-11(10)16-12/h3-7,9,17H,2,8H2,1H3,(H,15,19)(H,16,18)/t9-/m1/s1. The summed E-state index contributed by atoms with van der Waals surface area (Å²) in [6, 6.07) is 8.00. The molecule has 19 heavy (non-hydrogen) atoms. The maximum atomic E-state index is 12.0. The molecule has 0 unspecified atom stereocenters. The molecule has 1 atom stereocenters. The zero-order valence-corrected chi connectivity index (χ0v) is 10.6. The number of amides is 1. The first kappa shape index (κ1) is 13.3. The number of rotatable bonds is 4. The van der Waals surface area contributed by atoms with Gasteiger partial charge in [-0.2, -0.15) is 0 Å². The fraction of sp³-hybridized carbons (Fsp3) is 0.286. The van der Waals surface area contributed by atoms with E-state index in [-0.39, 0.29) is 29.7 Å². The van der Waals surface area contributed by atoms with Crippen LogP contribution < -0.4 is 10.7 Å². The minimum Gasteiger partial charge on any atom is -0.394 e. The molecule has 0 saturated carbocycles. The van der Waals surface area contributed by atoms with E-state index in [1.807, 2.05) is 6.92 Å². The van der Waals surface area contributed by atoms with Crippen LogP contribution in [0.3, 0.4) is 0 Å². The van der Waals surface area contributed by atoms with Gasteiger partial charge in [0.15, 0.2) is 5.43 Å². The molecule has 1 amide bonds. The predicted molar refractivity (Wildman–Crippen MR) is 73.2 cm³/mol. The third-order valence-corrected chi connectivity index (χ3v) is 3.03. The Bertz CT molecular complexity index is 644. The molecule has 2 aromatic rings. The van der Waals surface area contributed by atoms with Crippen LogP contribution in [0.2, 0.25) is 0 Å². The third-order valence-electron chi connectivity index (χ3n) is 3.03. The molecule has 1 aromatic carbocycles. The second kappa shape index (κ2) is 5.67. The fourth-order valence-electron chi connectivity index (χ4n) is 1.86. The van der Waals surface area contributed by atoms with Crippen molar-refractivity contribution < 1.29 is 9.90 Å². The van der Waals surface area contributed by atoms with Gasteiger partial charge in [0.25, 0.3) is 5.91 Å². The average Bonchev–Trinajstić information content (AvgIpc) is 2.44. The number of carbonyl (C=O) groups excluding carboxylic acids is 1. The van der Waals surface area contributed by atoms with Gasteiger partial charge in [0, 0.05) is 17.0 Å². The zero-order chi connectivity index (χ0) is 13.8. The van der Waals surface area contributed by atoms with Crippen molar-refractivity contribution in [2.24, 2.45) is 0 Å². The quantitative estimate of drug-likeness (QED) is 0.768. The first-order valence-electron chi connectivity index (χ1n) is 6.19. The highest BCUT2D eigenvalue weighted by atomic mass is 16.3. The van der Waals surface area contributed by atoms with E-state index in [4.69, 9.17) is 5.11 Å². The molecule has 0 saturated heterocycles. The second-order valence-electron chi connectivity index (χ2n) is 4.35. The molecular weight excluding hydrogens is 244 g/mol. The molecule has 5 heteroatoms.